The van der Waals surface area contributed by atoms with E-state index in [1.54, 1.807) is 0 Å². The predicted molar refractivity (Wildman–Crippen MR) is 36.0 cm³/mol. The Morgan fingerprint density at radius 2 is 2.10 bits per heavy atom. The smallest absolute Gasteiger partial charge is 0.306 e. The molecular weight excluding hydrogens is 132 g/mol. The Morgan fingerprint density at radius 3 is 2.50 bits per heavy atom. The molecule has 0 N–H and O–H groups in total. The molecule has 3 nitrogen and oxygen atoms in total. The van der Waals surface area contributed by atoms with Gasteiger partial charge in [0.05, 0.1) is 0 Å². The number of carbonyl (C=O) groups excluding carboxylic acids is 1. The molecule has 0 aromatic rings. The molecule has 0 aliphatic heterocycles. The highest BCUT2D eigenvalue weighted by atomic mass is 16.5. The van der Waals surface area contributed by atoms with Crippen molar-refractivity contribution in [2.24, 2.45) is 5.92 Å². The summed E-state index contributed by atoms with van der Waals surface area (Å²) in [7, 11) is 0. The Bertz CT molecular complexity index is 99.0. The second kappa shape index (κ2) is 5.23. The van der Waals surface area contributed by atoms with E-state index in [-0.39, 0.29) is 19.2 Å². The lowest BCUT2D eigenvalue weighted by molar-refractivity contribution is -0.146. The highest BCUT2D eigenvalue weighted by Gasteiger charge is 2.04. The predicted octanol–water partition coefficient (Wildman–Crippen LogP) is 1.01. The van der Waals surface area contributed by atoms with Crippen LogP contribution in [0, 0.1) is 5.92 Å². The Morgan fingerprint density at radius 1 is 1.50 bits per heavy atom. The molecule has 0 aliphatic carbocycles. The summed E-state index contributed by atoms with van der Waals surface area (Å²) in [6.07, 6.45) is 0.403. The Labute approximate surface area is 61.0 Å². The first-order valence-corrected chi connectivity index (χ1v) is 3.40. The van der Waals surface area contributed by atoms with Crippen LogP contribution in [-0.4, -0.2) is 19.2 Å². The van der Waals surface area contributed by atoms with Crippen LogP contribution in [0.15, 0.2) is 0 Å². The molecule has 0 aromatic carbocycles. The summed E-state index contributed by atoms with van der Waals surface area (Å²) >= 11 is 0. The van der Waals surface area contributed by atoms with Gasteiger partial charge < -0.3 is 4.74 Å². The molecule has 0 spiro atoms. The third-order valence-corrected chi connectivity index (χ3v) is 0.921. The number of hydrogen-bond acceptors (Lipinski definition) is 2. The minimum atomic E-state index is -0.343. The number of esters is 1. The third kappa shape index (κ3) is 5.56. The molecule has 0 aliphatic rings. The van der Waals surface area contributed by atoms with Gasteiger partial charge in [-0.05, 0) is 5.92 Å². The van der Waals surface area contributed by atoms with E-state index in [0.29, 0.717) is 12.3 Å². The van der Waals surface area contributed by atoms with Crippen molar-refractivity contribution in [1.82, 2.24) is 0 Å². The first kappa shape index (κ1) is 9.43. The fourth-order valence-electron chi connectivity index (χ4n) is 0.548. The molecular formula is C7H13O3. The summed E-state index contributed by atoms with van der Waals surface area (Å²) in [6, 6.07) is 0. The van der Waals surface area contributed by atoms with Crippen molar-refractivity contribution in [3.63, 3.8) is 0 Å². The maximum atomic E-state index is 10.7. The summed E-state index contributed by atoms with van der Waals surface area (Å²) < 4.78 is 4.55. The zero-order valence-electron chi connectivity index (χ0n) is 6.42. The van der Waals surface area contributed by atoms with Crippen LogP contribution >= 0.6 is 0 Å². The zero-order chi connectivity index (χ0) is 7.98. The van der Waals surface area contributed by atoms with Crippen molar-refractivity contribution < 1.29 is 14.6 Å². The molecule has 1 radical (unpaired) electrons. The van der Waals surface area contributed by atoms with E-state index in [1.807, 2.05) is 13.8 Å². The number of ether oxygens (including phenoxy) is 1. The molecule has 0 atom stereocenters. The summed E-state index contributed by atoms with van der Waals surface area (Å²) in [6.45, 7) is 3.52. The van der Waals surface area contributed by atoms with Gasteiger partial charge in [0.1, 0.15) is 13.2 Å². The minimum absolute atomic E-state index is 0.00551. The van der Waals surface area contributed by atoms with Crippen LogP contribution in [0.2, 0.25) is 0 Å². The van der Waals surface area contributed by atoms with E-state index in [2.05, 4.69) is 4.74 Å². The van der Waals surface area contributed by atoms with Gasteiger partial charge in [-0.25, -0.2) is 5.11 Å². The van der Waals surface area contributed by atoms with Gasteiger partial charge in [-0.1, -0.05) is 13.8 Å². The van der Waals surface area contributed by atoms with Crippen LogP contribution in [0.3, 0.4) is 0 Å². The maximum Gasteiger partial charge on any atom is 0.306 e. The lowest BCUT2D eigenvalue weighted by Gasteiger charge is -2.03. The Balaban J connectivity index is 3.26. The Kier molecular flexibility index (Phi) is 4.94. The zero-order valence-corrected chi connectivity index (χ0v) is 6.42. The van der Waals surface area contributed by atoms with E-state index >= 15 is 0 Å². The quantitative estimate of drug-likeness (QED) is 0.554. The van der Waals surface area contributed by atoms with Crippen molar-refractivity contribution in [2.45, 2.75) is 20.3 Å². The highest BCUT2D eigenvalue weighted by Crippen LogP contribution is 2.00. The fraction of sp³-hybridized carbons (Fsp3) is 0.857. The number of carbonyl (C=O) groups is 1. The molecule has 0 fully saturated rings. The standard InChI is InChI=1S/C7H13O3/c1-6(2)5-7(9)10-4-3-8/h6H,3-5H2,1-2H3. The molecule has 0 bridgehead atoms. The van der Waals surface area contributed by atoms with Gasteiger partial charge in [-0.3, -0.25) is 4.79 Å². The van der Waals surface area contributed by atoms with E-state index in [1.165, 1.54) is 0 Å². The largest absolute Gasteiger partial charge is 0.463 e. The lowest BCUT2D eigenvalue weighted by atomic mass is 10.1. The van der Waals surface area contributed by atoms with Crippen molar-refractivity contribution in [1.29, 1.82) is 0 Å². The molecule has 0 amide bonds. The van der Waals surface area contributed by atoms with E-state index in [0.717, 1.165) is 0 Å². The first-order valence-electron chi connectivity index (χ1n) is 3.40. The van der Waals surface area contributed by atoms with Crippen molar-refractivity contribution in [2.75, 3.05) is 13.2 Å². The summed E-state index contributed by atoms with van der Waals surface area (Å²) in [5, 5.41) is 9.84. The van der Waals surface area contributed by atoms with E-state index in [4.69, 9.17) is 0 Å². The average Bonchev–Trinajstić information content (AvgIpc) is 1.82. The van der Waals surface area contributed by atoms with Gasteiger partial charge in [0.2, 0.25) is 0 Å². The molecule has 10 heavy (non-hydrogen) atoms. The van der Waals surface area contributed by atoms with Crippen LogP contribution in [0.5, 0.6) is 0 Å². The number of rotatable bonds is 4. The number of hydrogen-bond donors (Lipinski definition) is 0. The van der Waals surface area contributed by atoms with Gasteiger partial charge in [-0.2, -0.15) is 0 Å². The van der Waals surface area contributed by atoms with Gasteiger partial charge in [0.15, 0.2) is 0 Å². The van der Waals surface area contributed by atoms with Crippen LogP contribution in [0.1, 0.15) is 20.3 Å². The second-order valence-electron chi connectivity index (χ2n) is 2.52. The van der Waals surface area contributed by atoms with Crippen molar-refractivity contribution in [3.05, 3.63) is 0 Å². The fourth-order valence-corrected chi connectivity index (χ4v) is 0.548. The molecule has 0 aromatic heterocycles. The van der Waals surface area contributed by atoms with Crippen LogP contribution in [0.4, 0.5) is 0 Å². The van der Waals surface area contributed by atoms with Crippen LogP contribution in [0.25, 0.3) is 0 Å². The van der Waals surface area contributed by atoms with Crippen LogP contribution in [-0.2, 0) is 14.6 Å². The van der Waals surface area contributed by atoms with E-state index < -0.39 is 0 Å². The molecule has 0 unspecified atom stereocenters. The molecule has 59 valence electrons. The monoisotopic (exact) mass is 145 g/mol. The molecule has 0 heterocycles. The summed E-state index contributed by atoms with van der Waals surface area (Å²) in [5.74, 6) is 0.0324. The lowest BCUT2D eigenvalue weighted by Crippen LogP contribution is -2.10. The maximum absolute atomic E-state index is 10.7. The SMILES string of the molecule is CC(C)CC(=O)OCC[O]. The van der Waals surface area contributed by atoms with Crippen molar-refractivity contribution in [3.8, 4) is 0 Å². The first-order chi connectivity index (χ1) is 4.66. The average molecular weight is 145 g/mol. The Hall–Kier alpha value is -0.570. The molecule has 3 heteroatoms. The minimum Gasteiger partial charge on any atom is -0.463 e. The van der Waals surface area contributed by atoms with Gasteiger partial charge in [0, 0.05) is 6.42 Å². The van der Waals surface area contributed by atoms with Crippen molar-refractivity contribution >= 4 is 5.97 Å². The van der Waals surface area contributed by atoms with E-state index in [9.17, 15) is 9.90 Å². The summed E-state index contributed by atoms with van der Waals surface area (Å²) in [4.78, 5) is 10.7. The molecule has 0 saturated heterocycles. The van der Waals surface area contributed by atoms with Gasteiger partial charge in [-0.15, -0.1) is 0 Å². The topological polar surface area (TPSA) is 46.2 Å². The summed E-state index contributed by atoms with van der Waals surface area (Å²) in [5.41, 5.74) is 0. The van der Waals surface area contributed by atoms with Gasteiger partial charge >= 0.3 is 5.97 Å². The molecule has 0 rings (SSSR count). The third-order valence-electron chi connectivity index (χ3n) is 0.921. The second-order valence-corrected chi connectivity index (χ2v) is 2.52. The van der Waals surface area contributed by atoms with Gasteiger partial charge in [0.25, 0.3) is 0 Å². The highest BCUT2D eigenvalue weighted by molar-refractivity contribution is 5.69. The normalized spacial score (nSPS) is 10.0. The van der Waals surface area contributed by atoms with Crippen LogP contribution < -0.4 is 0 Å². The molecule has 0 saturated carbocycles.